The summed E-state index contributed by atoms with van der Waals surface area (Å²) < 4.78 is 0. The summed E-state index contributed by atoms with van der Waals surface area (Å²) in [6.45, 7) is 5.79. The standard InChI is InChI=1S/C13H22ClN5O/c1-5-19(9(2)8-18(3)4)13-11(14)10(6-7-16-13)12(15)17-20/h6-7,9,20H,5,8H2,1-4H3,(H2,15,17). The van der Waals surface area contributed by atoms with Crippen molar-refractivity contribution in [1.29, 1.82) is 0 Å². The molecule has 112 valence electrons. The van der Waals surface area contributed by atoms with Crippen LogP contribution in [0.1, 0.15) is 19.4 Å². The maximum absolute atomic E-state index is 8.79. The first-order chi connectivity index (χ1) is 9.42. The normalized spacial score (nSPS) is 13.6. The van der Waals surface area contributed by atoms with Gasteiger partial charge in [-0.2, -0.15) is 0 Å². The Morgan fingerprint density at radius 1 is 1.55 bits per heavy atom. The Morgan fingerprint density at radius 3 is 2.70 bits per heavy atom. The van der Waals surface area contributed by atoms with Gasteiger partial charge in [0.2, 0.25) is 0 Å². The molecule has 1 aromatic rings. The molecule has 0 spiro atoms. The number of hydrogen-bond acceptors (Lipinski definition) is 5. The number of nitrogens with two attached hydrogens (primary N) is 1. The summed E-state index contributed by atoms with van der Waals surface area (Å²) in [5, 5.41) is 12.2. The van der Waals surface area contributed by atoms with E-state index in [0.29, 0.717) is 16.4 Å². The zero-order valence-corrected chi connectivity index (χ0v) is 13.1. The summed E-state index contributed by atoms with van der Waals surface area (Å²) in [5.74, 6) is 0.627. The van der Waals surface area contributed by atoms with E-state index in [2.05, 4.69) is 26.9 Å². The SMILES string of the molecule is CCN(c1nccc(/C(N)=N/O)c1Cl)C(C)CN(C)C. The molecule has 1 aromatic heterocycles. The van der Waals surface area contributed by atoms with Gasteiger partial charge in [0, 0.05) is 30.9 Å². The van der Waals surface area contributed by atoms with Crippen molar-refractivity contribution in [3.05, 3.63) is 22.8 Å². The molecule has 20 heavy (non-hydrogen) atoms. The predicted molar refractivity (Wildman–Crippen MR) is 82.8 cm³/mol. The van der Waals surface area contributed by atoms with Gasteiger partial charge in [0.25, 0.3) is 0 Å². The van der Waals surface area contributed by atoms with E-state index in [0.717, 1.165) is 13.1 Å². The lowest BCUT2D eigenvalue weighted by Crippen LogP contribution is -2.40. The zero-order chi connectivity index (χ0) is 15.3. The van der Waals surface area contributed by atoms with Crippen molar-refractivity contribution in [2.24, 2.45) is 10.9 Å². The highest BCUT2D eigenvalue weighted by Gasteiger charge is 2.20. The molecule has 3 N–H and O–H groups in total. The molecule has 6 nitrogen and oxygen atoms in total. The molecule has 0 saturated heterocycles. The number of amidine groups is 1. The fourth-order valence-corrected chi connectivity index (χ4v) is 2.50. The van der Waals surface area contributed by atoms with Gasteiger partial charge in [-0.15, -0.1) is 0 Å². The molecule has 0 saturated carbocycles. The minimum absolute atomic E-state index is 0.0186. The van der Waals surface area contributed by atoms with Gasteiger partial charge in [0.05, 0.1) is 5.02 Å². The lowest BCUT2D eigenvalue weighted by atomic mass is 10.2. The van der Waals surface area contributed by atoms with E-state index in [9.17, 15) is 0 Å². The topological polar surface area (TPSA) is 78.0 Å². The highest BCUT2D eigenvalue weighted by atomic mass is 35.5. The van der Waals surface area contributed by atoms with Crippen molar-refractivity contribution < 1.29 is 5.21 Å². The second-order valence-corrected chi connectivity index (χ2v) is 5.26. The molecule has 0 bridgehead atoms. The van der Waals surface area contributed by atoms with Crippen LogP contribution < -0.4 is 10.6 Å². The molecule has 0 aliphatic rings. The molecule has 1 rings (SSSR count). The molecule has 7 heteroatoms. The number of nitrogens with zero attached hydrogens (tertiary/aromatic N) is 4. The summed E-state index contributed by atoms with van der Waals surface area (Å²) in [6.07, 6.45) is 1.61. The molecular formula is C13H22ClN5O. The predicted octanol–water partition coefficient (Wildman–Crippen LogP) is 1.61. The maximum Gasteiger partial charge on any atom is 0.171 e. The highest BCUT2D eigenvalue weighted by molar-refractivity contribution is 6.36. The number of anilines is 1. The fourth-order valence-electron chi connectivity index (χ4n) is 2.18. The summed E-state index contributed by atoms with van der Waals surface area (Å²) in [5.41, 5.74) is 6.10. The van der Waals surface area contributed by atoms with Crippen LogP contribution in [0.15, 0.2) is 17.4 Å². The molecule has 1 atom stereocenters. The van der Waals surface area contributed by atoms with E-state index >= 15 is 0 Å². The van der Waals surface area contributed by atoms with Gasteiger partial charge in [0.1, 0.15) is 5.82 Å². The molecular weight excluding hydrogens is 278 g/mol. The quantitative estimate of drug-likeness (QED) is 0.361. The van der Waals surface area contributed by atoms with Crippen molar-refractivity contribution in [2.45, 2.75) is 19.9 Å². The van der Waals surface area contributed by atoms with Gasteiger partial charge in [0.15, 0.2) is 5.84 Å². The molecule has 0 fully saturated rings. The van der Waals surface area contributed by atoms with E-state index in [1.165, 1.54) is 0 Å². The number of likely N-dealkylation sites (N-methyl/N-ethyl adjacent to an activating group) is 2. The number of aromatic nitrogens is 1. The summed E-state index contributed by atoms with van der Waals surface area (Å²) in [7, 11) is 4.04. The average molecular weight is 300 g/mol. The first-order valence-electron chi connectivity index (χ1n) is 6.46. The first-order valence-corrected chi connectivity index (χ1v) is 6.83. The van der Waals surface area contributed by atoms with Crippen LogP contribution >= 0.6 is 11.6 Å². The van der Waals surface area contributed by atoms with E-state index in [-0.39, 0.29) is 11.9 Å². The molecule has 1 unspecified atom stereocenters. The van der Waals surface area contributed by atoms with E-state index in [4.69, 9.17) is 22.5 Å². The molecule has 0 aromatic carbocycles. The second-order valence-electron chi connectivity index (χ2n) is 4.88. The molecule has 1 heterocycles. The van der Waals surface area contributed by atoms with E-state index in [1.54, 1.807) is 12.3 Å². The van der Waals surface area contributed by atoms with Crippen molar-refractivity contribution in [3.63, 3.8) is 0 Å². The fraction of sp³-hybridized carbons (Fsp3) is 0.538. The molecule has 0 aliphatic heterocycles. The van der Waals surface area contributed by atoms with Gasteiger partial charge in [-0.25, -0.2) is 4.98 Å². The minimum Gasteiger partial charge on any atom is -0.409 e. The van der Waals surface area contributed by atoms with Crippen molar-refractivity contribution in [2.75, 3.05) is 32.1 Å². The molecule has 0 amide bonds. The average Bonchev–Trinajstić information content (AvgIpc) is 2.39. The first kappa shape index (κ1) is 16.5. The third-order valence-electron chi connectivity index (χ3n) is 3.03. The summed E-state index contributed by atoms with van der Waals surface area (Å²) in [6, 6.07) is 1.87. The van der Waals surface area contributed by atoms with Gasteiger partial charge in [-0.1, -0.05) is 16.8 Å². The van der Waals surface area contributed by atoms with Crippen molar-refractivity contribution >= 4 is 23.3 Å². The van der Waals surface area contributed by atoms with Crippen molar-refractivity contribution in [1.82, 2.24) is 9.88 Å². The van der Waals surface area contributed by atoms with Crippen LogP contribution in [0.2, 0.25) is 5.02 Å². The Morgan fingerprint density at radius 2 is 2.20 bits per heavy atom. The Kier molecular flexibility index (Phi) is 6.04. The van der Waals surface area contributed by atoms with Gasteiger partial charge < -0.3 is 20.7 Å². The smallest absolute Gasteiger partial charge is 0.171 e. The summed E-state index contributed by atoms with van der Waals surface area (Å²) >= 11 is 6.35. The Balaban J connectivity index is 3.16. The number of hydrogen-bond donors (Lipinski definition) is 2. The van der Waals surface area contributed by atoms with Crippen LogP contribution in [0.3, 0.4) is 0 Å². The Bertz CT molecular complexity index is 478. The zero-order valence-electron chi connectivity index (χ0n) is 12.3. The van der Waals surface area contributed by atoms with Crippen LogP contribution in [0, 0.1) is 0 Å². The van der Waals surface area contributed by atoms with Gasteiger partial charge in [-0.3, -0.25) is 0 Å². The van der Waals surface area contributed by atoms with E-state index in [1.807, 2.05) is 21.0 Å². The largest absolute Gasteiger partial charge is 0.409 e. The Labute approximate surface area is 124 Å². The van der Waals surface area contributed by atoms with Gasteiger partial charge >= 0.3 is 0 Å². The van der Waals surface area contributed by atoms with Crippen LogP contribution in [0.4, 0.5) is 5.82 Å². The second kappa shape index (κ2) is 7.31. The highest BCUT2D eigenvalue weighted by Crippen LogP contribution is 2.28. The monoisotopic (exact) mass is 299 g/mol. The number of pyridine rings is 1. The third-order valence-corrected chi connectivity index (χ3v) is 3.40. The number of oxime groups is 1. The molecule has 0 radical (unpaired) electrons. The third kappa shape index (κ3) is 3.74. The lowest BCUT2D eigenvalue weighted by molar-refractivity contribution is 0.318. The van der Waals surface area contributed by atoms with Crippen molar-refractivity contribution in [3.8, 4) is 0 Å². The van der Waals surface area contributed by atoms with Crippen LogP contribution in [-0.4, -0.2) is 54.2 Å². The molecule has 0 aliphatic carbocycles. The minimum atomic E-state index is -0.0186. The van der Waals surface area contributed by atoms with Crippen LogP contribution in [-0.2, 0) is 0 Å². The lowest BCUT2D eigenvalue weighted by Gasteiger charge is -2.32. The van der Waals surface area contributed by atoms with Crippen LogP contribution in [0.25, 0.3) is 0 Å². The van der Waals surface area contributed by atoms with Crippen LogP contribution in [0.5, 0.6) is 0 Å². The van der Waals surface area contributed by atoms with Gasteiger partial charge in [-0.05, 0) is 34.0 Å². The maximum atomic E-state index is 8.79. The Hall–Kier alpha value is -1.53. The number of halogens is 1. The number of rotatable bonds is 6. The van der Waals surface area contributed by atoms with E-state index < -0.39 is 0 Å². The summed E-state index contributed by atoms with van der Waals surface area (Å²) in [4.78, 5) is 8.54.